The van der Waals surface area contributed by atoms with E-state index in [9.17, 15) is 0 Å². The van der Waals surface area contributed by atoms with Crippen LogP contribution in [0.2, 0.25) is 0 Å². The molecule has 3 rings (SSSR count). The summed E-state index contributed by atoms with van der Waals surface area (Å²) in [6.07, 6.45) is 8.19. The van der Waals surface area contributed by atoms with Gasteiger partial charge in [-0.3, -0.25) is 0 Å². The van der Waals surface area contributed by atoms with E-state index >= 15 is 0 Å². The van der Waals surface area contributed by atoms with Crippen LogP contribution in [-0.4, -0.2) is 21.9 Å². The molecule has 0 amide bonds. The first kappa shape index (κ1) is 10.3. The van der Waals surface area contributed by atoms with Crippen molar-refractivity contribution in [3.05, 3.63) is 0 Å². The highest BCUT2D eigenvalue weighted by molar-refractivity contribution is 7.09. The van der Waals surface area contributed by atoms with Crippen molar-refractivity contribution in [2.75, 3.05) is 17.2 Å². The molecule has 88 valence electrons. The van der Waals surface area contributed by atoms with Crippen molar-refractivity contribution in [1.82, 2.24) is 9.36 Å². The van der Waals surface area contributed by atoms with Crippen LogP contribution in [-0.2, 0) is 0 Å². The predicted octanol–water partition coefficient (Wildman–Crippen LogP) is 2.28. The molecule has 5 heteroatoms. The van der Waals surface area contributed by atoms with Crippen LogP contribution < -0.4 is 10.6 Å². The van der Waals surface area contributed by atoms with Gasteiger partial charge in [-0.1, -0.05) is 12.8 Å². The van der Waals surface area contributed by atoms with Crippen LogP contribution in [0, 0.1) is 5.92 Å². The Hall–Kier alpha value is -0.840. The molecule has 1 saturated heterocycles. The average Bonchev–Trinajstić information content (AvgIpc) is 2.75. The Morgan fingerprint density at radius 3 is 2.81 bits per heavy atom. The van der Waals surface area contributed by atoms with Gasteiger partial charge in [0.2, 0.25) is 11.1 Å². The van der Waals surface area contributed by atoms with E-state index < -0.39 is 0 Å². The number of aromatic nitrogens is 2. The van der Waals surface area contributed by atoms with Gasteiger partial charge in [0.25, 0.3) is 0 Å². The second-order valence-electron chi connectivity index (χ2n) is 4.88. The van der Waals surface area contributed by atoms with Gasteiger partial charge in [-0.25, -0.2) is 0 Å². The maximum atomic E-state index is 5.61. The molecule has 0 radical (unpaired) electrons. The second kappa shape index (κ2) is 4.20. The van der Waals surface area contributed by atoms with Crippen molar-refractivity contribution in [1.29, 1.82) is 0 Å². The van der Waals surface area contributed by atoms with Crippen LogP contribution >= 0.6 is 11.5 Å². The molecule has 16 heavy (non-hydrogen) atoms. The molecule has 1 aromatic heterocycles. The lowest BCUT2D eigenvalue weighted by Gasteiger charge is -2.43. The number of nitrogens with zero attached hydrogens (tertiary/aromatic N) is 3. The maximum Gasteiger partial charge on any atom is 0.233 e. The van der Waals surface area contributed by atoms with Gasteiger partial charge in [-0.2, -0.15) is 9.36 Å². The largest absolute Gasteiger partial charge is 0.367 e. The van der Waals surface area contributed by atoms with E-state index in [0.29, 0.717) is 12.0 Å². The van der Waals surface area contributed by atoms with E-state index in [4.69, 9.17) is 5.73 Å². The molecule has 1 saturated carbocycles. The minimum Gasteiger partial charge on any atom is -0.367 e. The highest BCUT2D eigenvalue weighted by Gasteiger charge is 2.34. The molecule has 2 aliphatic rings. The van der Waals surface area contributed by atoms with Crippen molar-refractivity contribution < 1.29 is 0 Å². The molecule has 2 fully saturated rings. The molecule has 2 unspecified atom stereocenters. The van der Waals surface area contributed by atoms with Gasteiger partial charge in [0, 0.05) is 24.1 Å². The highest BCUT2D eigenvalue weighted by Crippen LogP contribution is 2.38. The molecule has 4 nitrogen and oxygen atoms in total. The van der Waals surface area contributed by atoms with Crippen molar-refractivity contribution in [3.63, 3.8) is 0 Å². The van der Waals surface area contributed by atoms with Gasteiger partial charge >= 0.3 is 0 Å². The zero-order valence-electron chi connectivity index (χ0n) is 9.43. The summed E-state index contributed by atoms with van der Waals surface area (Å²) in [5.41, 5.74) is 5.61. The van der Waals surface area contributed by atoms with Gasteiger partial charge in [-0.15, -0.1) is 0 Å². The molecule has 2 heterocycles. The van der Waals surface area contributed by atoms with Gasteiger partial charge in [0.05, 0.1) is 0 Å². The average molecular weight is 238 g/mol. The second-order valence-corrected chi connectivity index (χ2v) is 5.61. The van der Waals surface area contributed by atoms with Crippen LogP contribution in [0.25, 0.3) is 0 Å². The summed E-state index contributed by atoms with van der Waals surface area (Å²) in [7, 11) is 0. The summed E-state index contributed by atoms with van der Waals surface area (Å²) in [5.74, 6) is 1.31. The molecular formula is C11H18N4S. The summed E-state index contributed by atoms with van der Waals surface area (Å²) in [6, 6.07) is 0.704. The third-order valence-electron chi connectivity index (χ3n) is 3.92. The number of rotatable bonds is 1. The molecule has 2 atom stereocenters. The number of nitrogen functional groups attached to an aromatic ring is 1. The van der Waals surface area contributed by atoms with E-state index in [1.165, 1.54) is 50.1 Å². The Kier molecular flexibility index (Phi) is 2.71. The monoisotopic (exact) mass is 238 g/mol. The normalized spacial score (nSPS) is 30.1. The smallest absolute Gasteiger partial charge is 0.233 e. The molecule has 1 aromatic rings. The number of hydrogen-bond acceptors (Lipinski definition) is 5. The molecular weight excluding hydrogens is 220 g/mol. The Morgan fingerprint density at radius 2 is 2.00 bits per heavy atom. The van der Waals surface area contributed by atoms with Crippen molar-refractivity contribution in [3.8, 4) is 0 Å². The number of nitrogens with two attached hydrogens (primary N) is 1. The first-order chi connectivity index (χ1) is 7.84. The zero-order valence-corrected chi connectivity index (χ0v) is 10.2. The van der Waals surface area contributed by atoms with Gasteiger partial charge in [0.1, 0.15) is 0 Å². The van der Waals surface area contributed by atoms with Crippen LogP contribution in [0.5, 0.6) is 0 Å². The third-order valence-corrected chi connectivity index (χ3v) is 4.69. The molecule has 0 spiro atoms. The molecule has 2 N–H and O–H groups in total. The fourth-order valence-corrected chi connectivity index (χ4v) is 3.89. The summed E-state index contributed by atoms with van der Waals surface area (Å²) in [5, 5.41) is 1.04. The van der Waals surface area contributed by atoms with E-state index in [0.717, 1.165) is 17.6 Å². The van der Waals surface area contributed by atoms with E-state index in [-0.39, 0.29) is 0 Å². The lowest BCUT2D eigenvalue weighted by Crippen LogP contribution is -2.46. The van der Waals surface area contributed by atoms with Crippen molar-refractivity contribution in [2.24, 2.45) is 5.92 Å². The first-order valence-electron chi connectivity index (χ1n) is 6.20. The van der Waals surface area contributed by atoms with E-state index in [2.05, 4.69) is 14.3 Å². The predicted molar refractivity (Wildman–Crippen MR) is 66.6 cm³/mol. The van der Waals surface area contributed by atoms with Gasteiger partial charge in [-0.05, 0) is 31.6 Å². The Labute approximate surface area is 100 Å². The summed E-state index contributed by atoms with van der Waals surface area (Å²) >= 11 is 1.45. The minimum atomic E-state index is 0.429. The maximum absolute atomic E-state index is 5.61. The number of anilines is 2. The van der Waals surface area contributed by atoms with Crippen molar-refractivity contribution in [2.45, 2.75) is 44.6 Å². The van der Waals surface area contributed by atoms with Crippen LogP contribution in [0.4, 0.5) is 11.1 Å². The number of fused-ring (bicyclic) bond motifs is 1. The summed E-state index contributed by atoms with van der Waals surface area (Å²) < 4.78 is 4.10. The van der Waals surface area contributed by atoms with E-state index in [1.807, 2.05) is 0 Å². The topological polar surface area (TPSA) is 55.0 Å². The summed E-state index contributed by atoms with van der Waals surface area (Å²) in [6.45, 7) is 1.13. The Bertz CT molecular complexity index is 363. The van der Waals surface area contributed by atoms with Crippen molar-refractivity contribution >= 4 is 22.6 Å². The third kappa shape index (κ3) is 1.77. The summed E-state index contributed by atoms with van der Waals surface area (Å²) in [4.78, 5) is 6.80. The SMILES string of the molecule is Nc1nsc(N2CCCC3CCCCC32)n1. The standard InChI is InChI=1S/C11H18N4S/c12-10-13-11(16-14-10)15-7-3-5-8-4-1-2-6-9(8)15/h8-9H,1-7H2,(H2,12,14). The highest BCUT2D eigenvalue weighted by atomic mass is 32.1. The van der Waals surface area contributed by atoms with Crippen LogP contribution in [0.3, 0.4) is 0 Å². The molecule has 0 aromatic carbocycles. The Balaban J connectivity index is 1.82. The first-order valence-corrected chi connectivity index (χ1v) is 6.98. The zero-order chi connectivity index (χ0) is 11.0. The fraction of sp³-hybridized carbons (Fsp3) is 0.818. The number of hydrogen-bond donors (Lipinski definition) is 1. The quantitative estimate of drug-likeness (QED) is 0.815. The molecule has 1 aliphatic carbocycles. The lowest BCUT2D eigenvalue weighted by atomic mass is 9.78. The van der Waals surface area contributed by atoms with Gasteiger partial charge < -0.3 is 10.6 Å². The fourth-order valence-electron chi connectivity index (χ4n) is 3.21. The van der Waals surface area contributed by atoms with Gasteiger partial charge in [0.15, 0.2) is 0 Å². The Morgan fingerprint density at radius 1 is 1.19 bits per heavy atom. The molecule has 0 bridgehead atoms. The molecule has 1 aliphatic heterocycles. The van der Waals surface area contributed by atoms with E-state index in [1.54, 1.807) is 0 Å². The minimum absolute atomic E-state index is 0.429. The van der Waals surface area contributed by atoms with Crippen LogP contribution in [0.1, 0.15) is 38.5 Å². The number of piperidine rings is 1. The lowest BCUT2D eigenvalue weighted by molar-refractivity contribution is 0.244. The van der Waals surface area contributed by atoms with Crippen LogP contribution in [0.15, 0.2) is 0 Å².